The van der Waals surface area contributed by atoms with E-state index in [1.165, 1.54) is 32.1 Å². The molecule has 6 saturated carbocycles. The fraction of sp³-hybridized carbons (Fsp3) is 0.905. The zero-order chi connectivity index (χ0) is 16.7. The molecule has 0 amide bonds. The largest absolute Gasteiger partial charge is 0.341 e. The summed E-state index contributed by atoms with van der Waals surface area (Å²) in [7, 11) is 0. The van der Waals surface area contributed by atoms with Crippen molar-refractivity contribution in [3.05, 3.63) is 0 Å². The Bertz CT molecular complexity index is 584. The Morgan fingerprint density at radius 1 is 1.04 bits per heavy atom. The summed E-state index contributed by atoms with van der Waals surface area (Å²) in [4.78, 5) is 18.7. The molecule has 6 bridgehead atoms. The second kappa shape index (κ2) is 4.65. The zero-order valence-corrected chi connectivity index (χ0v) is 15.4. The molecule has 132 valence electrons. The fourth-order valence-electron chi connectivity index (χ4n) is 7.62. The number of oxime groups is 1. The van der Waals surface area contributed by atoms with Gasteiger partial charge >= 0.3 is 5.97 Å². The van der Waals surface area contributed by atoms with E-state index in [-0.39, 0.29) is 16.8 Å². The average Bonchev–Trinajstić information content (AvgIpc) is 2.84. The molecule has 0 aromatic carbocycles. The summed E-state index contributed by atoms with van der Waals surface area (Å²) < 4.78 is 0. The lowest BCUT2D eigenvalue weighted by Gasteiger charge is -2.54. The highest BCUT2D eigenvalue weighted by Gasteiger charge is 2.61. The molecule has 0 N–H and O–H groups in total. The molecule has 6 aliphatic rings. The van der Waals surface area contributed by atoms with Gasteiger partial charge in [-0.05, 0) is 86.9 Å². The van der Waals surface area contributed by atoms with Crippen LogP contribution in [0.1, 0.15) is 78.6 Å². The normalized spacial score (nSPS) is 52.2. The van der Waals surface area contributed by atoms with E-state index in [0.717, 1.165) is 49.1 Å². The molecule has 0 saturated heterocycles. The molecule has 0 spiro atoms. The maximum absolute atomic E-state index is 13.0. The lowest BCUT2D eigenvalue weighted by atomic mass is 9.49. The third-order valence-electron chi connectivity index (χ3n) is 9.22. The summed E-state index contributed by atoms with van der Waals surface area (Å²) in [6.45, 7) is 7.07. The number of hydrogen-bond acceptors (Lipinski definition) is 3. The fourth-order valence-corrected chi connectivity index (χ4v) is 7.62. The first kappa shape index (κ1) is 15.4. The van der Waals surface area contributed by atoms with E-state index in [1.54, 1.807) is 0 Å². The molecule has 0 aromatic heterocycles. The second-order valence-corrected chi connectivity index (χ2v) is 10.6. The minimum absolute atomic E-state index is 0.00159. The molecule has 2 atom stereocenters. The summed E-state index contributed by atoms with van der Waals surface area (Å²) >= 11 is 0. The number of rotatable bonds is 2. The van der Waals surface area contributed by atoms with Crippen molar-refractivity contribution in [3.8, 4) is 0 Å². The van der Waals surface area contributed by atoms with Crippen molar-refractivity contribution in [2.75, 3.05) is 0 Å². The van der Waals surface area contributed by atoms with Crippen LogP contribution in [0.5, 0.6) is 0 Å². The van der Waals surface area contributed by atoms with E-state index in [0.29, 0.717) is 11.3 Å². The van der Waals surface area contributed by atoms with E-state index in [2.05, 4.69) is 25.9 Å². The van der Waals surface area contributed by atoms with Gasteiger partial charge in [-0.3, -0.25) is 0 Å². The minimum atomic E-state index is -0.188. The van der Waals surface area contributed by atoms with Crippen LogP contribution in [0, 0.1) is 39.9 Å². The lowest BCUT2D eigenvalue weighted by molar-refractivity contribution is -0.171. The minimum Gasteiger partial charge on any atom is -0.318 e. The van der Waals surface area contributed by atoms with Crippen LogP contribution in [0.2, 0.25) is 0 Å². The van der Waals surface area contributed by atoms with Gasteiger partial charge in [-0.2, -0.15) is 0 Å². The van der Waals surface area contributed by atoms with E-state index in [9.17, 15) is 4.79 Å². The maximum Gasteiger partial charge on any atom is 0.341 e. The van der Waals surface area contributed by atoms with Gasteiger partial charge in [0.15, 0.2) is 0 Å². The summed E-state index contributed by atoms with van der Waals surface area (Å²) in [6, 6.07) is 0. The van der Waals surface area contributed by atoms with Crippen molar-refractivity contribution in [2.24, 2.45) is 45.1 Å². The summed E-state index contributed by atoms with van der Waals surface area (Å²) in [6.07, 6.45) is 10.8. The average molecular weight is 329 g/mol. The van der Waals surface area contributed by atoms with Gasteiger partial charge in [-0.25, -0.2) is 4.79 Å². The monoisotopic (exact) mass is 329 g/mol. The van der Waals surface area contributed by atoms with E-state index < -0.39 is 0 Å². The van der Waals surface area contributed by atoms with E-state index >= 15 is 0 Å². The quantitative estimate of drug-likeness (QED) is 0.531. The van der Waals surface area contributed by atoms with Gasteiger partial charge in [0.05, 0.1) is 11.1 Å². The zero-order valence-electron chi connectivity index (χ0n) is 15.4. The Hall–Kier alpha value is -0.860. The molecule has 3 nitrogen and oxygen atoms in total. The summed E-state index contributed by atoms with van der Waals surface area (Å²) in [5.74, 6) is 3.03. The number of nitrogens with zero attached hydrogens (tertiary/aromatic N) is 1. The van der Waals surface area contributed by atoms with Gasteiger partial charge < -0.3 is 4.84 Å². The van der Waals surface area contributed by atoms with Crippen LogP contribution in [-0.4, -0.2) is 11.7 Å². The molecular formula is C21H31NO2. The van der Waals surface area contributed by atoms with Crippen molar-refractivity contribution in [2.45, 2.75) is 78.6 Å². The highest BCUT2D eigenvalue weighted by atomic mass is 16.7. The van der Waals surface area contributed by atoms with Crippen molar-refractivity contribution >= 4 is 11.7 Å². The van der Waals surface area contributed by atoms with Gasteiger partial charge in [-0.15, -0.1) is 0 Å². The molecule has 2 unspecified atom stereocenters. The van der Waals surface area contributed by atoms with Gasteiger partial charge in [0.1, 0.15) is 0 Å². The molecule has 6 rings (SSSR count). The van der Waals surface area contributed by atoms with Crippen molar-refractivity contribution in [1.82, 2.24) is 0 Å². The summed E-state index contributed by atoms with van der Waals surface area (Å²) in [5.41, 5.74) is 1.38. The third-order valence-corrected chi connectivity index (χ3v) is 9.22. The van der Waals surface area contributed by atoms with Gasteiger partial charge in [0.2, 0.25) is 0 Å². The first-order valence-electron chi connectivity index (χ1n) is 10.1. The predicted molar refractivity (Wildman–Crippen MR) is 93.4 cm³/mol. The molecule has 6 aliphatic carbocycles. The molecule has 0 aromatic rings. The van der Waals surface area contributed by atoms with Crippen molar-refractivity contribution < 1.29 is 9.63 Å². The van der Waals surface area contributed by atoms with E-state index in [4.69, 9.17) is 4.84 Å². The van der Waals surface area contributed by atoms with Crippen LogP contribution in [0.4, 0.5) is 0 Å². The topological polar surface area (TPSA) is 38.7 Å². The highest BCUT2D eigenvalue weighted by molar-refractivity contribution is 5.94. The van der Waals surface area contributed by atoms with Crippen LogP contribution < -0.4 is 0 Å². The predicted octanol–water partition coefficient (Wildman–Crippen LogP) is 4.95. The van der Waals surface area contributed by atoms with Gasteiger partial charge in [0.25, 0.3) is 0 Å². The molecule has 6 fully saturated rings. The van der Waals surface area contributed by atoms with Crippen molar-refractivity contribution in [1.29, 1.82) is 0 Å². The number of carbonyl (C=O) groups is 1. The van der Waals surface area contributed by atoms with Gasteiger partial charge in [-0.1, -0.05) is 25.9 Å². The van der Waals surface area contributed by atoms with Crippen LogP contribution in [0.3, 0.4) is 0 Å². The second-order valence-electron chi connectivity index (χ2n) is 10.6. The summed E-state index contributed by atoms with van der Waals surface area (Å²) in [5, 5.41) is 4.50. The smallest absolute Gasteiger partial charge is 0.318 e. The Morgan fingerprint density at radius 2 is 1.62 bits per heavy atom. The maximum atomic E-state index is 13.0. The Balaban J connectivity index is 1.35. The molecule has 24 heavy (non-hydrogen) atoms. The molecule has 0 radical (unpaired) electrons. The molecule has 0 aliphatic heterocycles. The van der Waals surface area contributed by atoms with E-state index in [1.807, 2.05) is 0 Å². The Kier molecular flexibility index (Phi) is 2.98. The van der Waals surface area contributed by atoms with Crippen LogP contribution in [-0.2, 0) is 9.63 Å². The molecule has 3 heteroatoms. The lowest BCUT2D eigenvalue weighted by Crippen LogP contribution is -2.50. The SMILES string of the molecule is CC12CCC(C/C1=N/OC(=O)C13CC4CC(CC(C4)C1)C3)C2(C)C. The van der Waals surface area contributed by atoms with Crippen LogP contribution in [0.25, 0.3) is 0 Å². The van der Waals surface area contributed by atoms with Crippen LogP contribution in [0.15, 0.2) is 5.16 Å². The van der Waals surface area contributed by atoms with Gasteiger partial charge in [0, 0.05) is 5.41 Å². The Labute approximate surface area is 145 Å². The number of fused-ring (bicyclic) bond motifs is 2. The number of carbonyl (C=O) groups excluding carboxylic acids is 1. The molecule has 0 heterocycles. The first-order valence-corrected chi connectivity index (χ1v) is 10.1. The standard InChI is InChI=1S/C21H31NO2/c1-19(2)16-4-5-20(19,3)17(9-16)22-24-18(23)21-10-13-6-14(11-21)8-15(7-13)12-21/h13-16H,4-12H2,1-3H3/b22-17-. The highest BCUT2D eigenvalue weighted by Crippen LogP contribution is 2.64. The number of hydrogen-bond donors (Lipinski definition) is 0. The van der Waals surface area contributed by atoms with Crippen molar-refractivity contribution in [3.63, 3.8) is 0 Å². The third kappa shape index (κ3) is 1.85. The van der Waals surface area contributed by atoms with Crippen LogP contribution >= 0.6 is 0 Å². The molecular weight excluding hydrogens is 298 g/mol. The Morgan fingerprint density at radius 3 is 2.08 bits per heavy atom. The first-order chi connectivity index (χ1) is 11.3.